The van der Waals surface area contributed by atoms with Crippen LogP contribution in [-0.2, 0) is 0 Å². The van der Waals surface area contributed by atoms with Gasteiger partial charge < -0.3 is 0 Å². The SMILES string of the molecule is Fc1ccnc(-n2c3ccccc3c3ccc(Br)cc32)c1. The Kier molecular flexibility index (Phi) is 2.79. The van der Waals surface area contributed by atoms with Crippen LogP contribution < -0.4 is 0 Å². The monoisotopic (exact) mass is 340 g/mol. The summed E-state index contributed by atoms with van der Waals surface area (Å²) in [6.45, 7) is 0. The Labute approximate surface area is 129 Å². The number of rotatable bonds is 1. The van der Waals surface area contributed by atoms with Crippen molar-refractivity contribution < 1.29 is 4.39 Å². The molecule has 102 valence electrons. The van der Waals surface area contributed by atoms with Gasteiger partial charge in [-0.05, 0) is 24.3 Å². The summed E-state index contributed by atoms with van der Waals surface area (Å²) >= 11 is 3.50. The number of pyridine rings is 1. The first kappa shape index (κ1) is 12.5. The van der Waals surface area contributed by atoms with Crippen LogP contribution in [0.3, 0.4) is 0 Å². The van der Waals surface area contributed by atoms with Gasteiger partial charge in [0, 0.05) is 27.5 Å². The summed E-state index contributed by atoms with van der Waals surface area (Å²) in [4.78, 5) is 4.32. The van der Waals surface area contributed by atoms with Gasteiger partial charge in [0.15, 0.2) is 0 Å². The van der Waals surface area contributed by atoms with Crippen molar-refractivity contribution in [1.82, 2.24) is 9.55 Å². The number of benzene rings is 2. The number of nitrogens with zero attached hydrogens (tertiary/aromatic N) is 2. The largest absolute Gasteiger partial charge is 0.294 e. The molecule has 0 saturated carbocycles. The van der Waals surface area contributed by atoms with Gasteiger partial charge in [-0.25, -0.2) is 9.37 Å². The highest BCUT2D eigenvalue weighted by atomic mass is 79.9. The lowest BCUT2D eigenvalue weighted by atomic mass is 10.2. The summed E-state index contributed by atoms with van der Waals surface area (Å²) in [5, 5.41) is 2.26. The smallest absolute Gasteiger partial charge is 0.140 e. The number of halogens is 2. The molecule has 0 fully saturated rings. The standard InChI is InChI=1S/C17H10BrFN2/c18-11-5-6-14-13-3-1-2-4-15(13)21(16(14)9-11)17-10-12(19)7-8-20-17/h1-10H. The van der Waals surface area contributed by atoms with Crippen molar-refractivity contribution >= 4 is 37.7 Å². The summed E-state index contributed by atoms with van der Waals surface area (Å²) < 4.78 is 16.5. The first-order chi connectivity index (χ1) is 10.2. The third-order valence-electron chi connectivity index (χ3n) is 3.57. The van der Waals surface area contributed by atoms with Crippen LogP contribution in [-0.4, -0.2) is 9.55 Å². The van der Waals surface area contributed by atoms with Gasteiger partial charge in [-0.3, -0.25) is 4.57 Å². The Hall–Kier alpha value is -2.20. The Morgan fingerprint density at radius 1 is 0.905 bits per heavy atom. The van der Waals surface area contributed by atoms with E-state index in [0.29, 0.717) is 5.82 Å². The fourth-order valence-corrected chi connectivity index (χ4v) is 3.06. The van der Waals surface area contributed by atoms with Crippen LogP contribution in [0.5, 0.6) is 0 Å². The second kappa shape index (κ2) is 4.67. The van der Waals surface area contributed by atoms with Crippen molar-refractivity contribution in [3.8, 4) is 5.82 Å². The van der Waals surface area contributed by atoms with E-state index in [1.807, 2.05) is 34.9 Å². The third kappa shape index (κ3) is 1.94. The summed E-state index contributed by atoms with van der Waals surface area (Å²) in [5.74, 6) is 0.292. The molecule has 0 N–H and O–H groups in total. The molecule has 0 radical (unpaired) electrons. The van der Waals surface area contributed by atoms with E-state index >= 15 is 0 Å². The van der Waals surface area contributed by atoms with Gasteiger partial charge in [0.25, 0.3) is 0 Å². The summed E-state index contributed by atoms with van der Waals surface area (Å²) in [6, 6.07) is 17.0. The highest BCUT2D eigenvalue weighted by Gasteiger charge is 2.13. The van der Waals surface area contributed by atoms with E-state index in [1.54, 1.807) is 0 Å². The second-order valence-corrected chi connectivity index (χ2v) is 5.76. The fraction of sp³-hybridized carbons (Fsp3) is 0. The predicted molar refractivity (Wildman–Crippen MR) is 86.2 cm³/mol. The van der Waals surface area contributed by atoms with Crippen LogP contribution in [0, 0.1) is 5.82 Å². The molecule has 2 heterocycles. The highest BCUT2D eigenvalue weighted by molar-refractivity contribution is 9.10. The van der Waals surface area contributed by atoms with Gasteiger partial charge >= 0.3 is 0 Å². The molecular weight excluding hydrogens is 331 g/mol. The molecule has 0 aliphatic carbocycles. The minimum absolute atomic E-state index is 0.291. The molecule has 2 nitrogen and oxygen atoms in total. The molecule has 21 heavy (non-hydrogen) atoms. The lowest BCUT2D eigenvalue weighted by Crippen LogP contribution is -1.97. The molecule has 4 heteroatoms. The van der Waals surface area contributed by atoms with Crippen molar-refractivity contribution in [3.05, 3.63) is 71.1 Å². The van der Waals surface area contributed by atoms with Gasteiger partial charge in [-0.1, -0.05) is 40.2 Å². The lowest BCUT2D eigenvalue weighted by Gasteiger charge is -2.06. The maximum Gasteiger partial charge on any atom is 0.140 e. The highest BCUT2D eigenvalue weighted by Crippen LogP contribution is 2.32. The third-order valence-corrected chi connectivity index (χ3v) is 4.07. The molecule has 4 aromatic rings. The number of aromatic nitrogens is 2. The van der Waals surface area contributed by atoms with Crippen molar-refractivity contribution in [1.29, 1.82) is 0 Å². The van der Waals surface area contributed by atoms with Crippen LogP contribution in [0.15, 0.2) is 65.3 Å². The van der Waals surface area contributed by atoms with Gasteiger partial charge in [-0.15, -0.1) is 0 Å². The predicted octanol–water partition coefficient (Wildman–Crippen LogP) is 5.08. The molecule has 2 aromatic carbocycles. The zero-order chi connectivity index (χ0) is 14.4. The van der Waals surface area contributed by atoms with Crippen LogP contribution in [0.4, 0.5) is 4.39 Å². The second-order valence-electron chi connectivity index (χ2n) is 4.85. The summed E-state index contributed by atoms with van der Waals surface area (Å²) in [7, 11) is 0. The Balaban J connectivity index is 2.21. The summed E-state index contributed by atoms with van der Waals surface area (Å²) in [5.41, 5.74) is 2.02. The first-order valence-electron chi connectivity index (χ1n) is 6.55. The van der Waals surface area contributed by atoms with Crippen molar-refractivity contribution in [3.63, 3.8) is 0 Å². The number of hydrogen-bond acceptors (Lipinski definition) is 1. The first-order valence-corrected chi connectivity index (χ1v) is 7.34. The van der Waals surface area contributed by atoms with E-state index in [1.165, 1.54) is 18.3 Å². The van der Waals surface area contributed by atoms with E-state index in [4.69, 9.17) is 0 Å². The zero-order valence-corrected chi connectivity index (χ0v) is 12.5. The van der Waals surface area contributed by atoms with Gasteiger partial charge in [0.1, 0.15) is 11.6 Å². The average Bonchev–Trinajstić information content (AvgIpc) is 2.80. The maximum absolute atomic E-state index is 13.6. The van der Waals surface area contributed by atoms with E-state index in [2.05, 4.69) is 33.0 Å². The van der Waals surface area contributed by atoms with Gasteiger partial charge in [0.05, 0.1) is 11.0 Å². The van der Waals surface area contributed by atoms with E-state index in [-0.39, 0.29) is 5.82 Å². The van der Waals surface area contributed by atoms with Crippen molar-refractivity contribution in [2.75, 3.05) is 0 Å². The molecule has 2 aromatic heterocycles. The Bertz CT molecular complexity index is 975. The average molecular weight is 341 g/mol. The Morgan fingerprint density at radius 2 is 1.71 bits per heavy atom. The number of hydrogen-bond donors (Lipinski definition) is 0. The molecule has 0 aliphatic rings. The minimum Gasteiger partial charge on any atom is -0.294 e. The van der Waals surface area contributed by atoms with Crippen LogP contribution >= 0.6 is 15.9 Å². The minimum atomic E-state index is -0.291. The normalized spacial score (nSPS) is 11.3. The molecule has 0 saturated heterocycles. The van der Waals surface area contributed by atoms with Gasteiger partial charge in [-0.2, -0.15) is 0 Å². The summed E-state index contributed by atoms with van der Waals surface area (Å²) in [6.07, 6.45) is 1.49. The molecule has 0 aliphatic heterocycles. The van der Waals surface area contributed by atoms with Crippen LogP contribution in [0.2, 0.25) is 0 Å². The van der Waals surface area contributed by atoms with E-state index in [0.717, 1.165) is 26.3 Å². The number of fused-ring (bicyclic) bond motifs is 3. The fourth-order valence-electron chi connectivity index (χ4n) is 2.71. The van der Waals surface area contributed by atoms with Gasteiger partial charge in [0.2, 0.25) is 0 Å². The quantitative estimate of drug-likeness (QED) is 0.472. The molecule has 0 bridgehead atoms. The van der Waals surface area contributed by atoms with E-state index < -0.39 is 0 Å². The topological polar surface area (TPSA) is 17.8 Å². The number of para-hydroxylation sites is 1. The van der Waals surface area contributed by atoms with Crippen molar-refractivity contribution in [2.24, 2.45) is 0 Å². The molecule has 0 spiro atoms. The molecule has 0 unspecified atom stereocenters. The molecule has 0 atom stereocenters. The molecule has 0 amide bonds. The lowest BCUT2D eigenvalue weighted by molar-refractivity contribution is 0.624. The maximum atomic E-state index is 13.6. The van der Waals surface area contributed by atoms with Crippen LogP contribution in [0.25, 0.3) is 27.6 Å². The van der Waals surface area contributed by atoms with Crippen molar-refractivity contribution in [2.45, 2.75) is 0 Å². The van der Waals surface area contributed by atoms with Crippen LogP contribution in [0.1, 0.15) is 0 Å². The molecule has 4 rings (SSSR count). The molecular formula is C17H10BrFN2. The Morgan fingerprint density at radius 3 is 2.57 bits per heavy atom. The van der Waals surface area contributed by atoms with E-state index in [9.17, 15) is 4.39 Å². The zero-order valence-electron chi connectivity index (χ0n) is 10.9.